The molecule has 0 aliphatic heterocycles. The molecule has 2 aromatic heterocycles. The van der Waals surface area contributed by atoms with E-state index in [4.69, 9.17) is 9.47 Å². The van der Waals surface area contributed by atoms with E-state index in [1.165, 1.54) is 23.1 Å². The standard InChI is InChI=1S/C17H20N2O4S2/c1-5-22-14(20)9-13-11(4)19-17(24-13)25-15-12(16(21)23-6-2)8-7-10(3)18-15/h7-8H,5-6,9H2,1-4H3. The van der Waals surface area contributed by atoms with Crippen LogP contribution in [0.1, 0.15) is 40.5 Å². The Hall–Kier alpha value is -1.93. The smallest absolute Gasteiger partial charge is 0.340 e. The first-order valence-corrected chi connectivity index (χ1v) is 9.52. The topological polar surface area (TPSA) is 78.4 Å². The molecule has 134 valence electrons. The Bertz CT molecular complexity index is 774. The number of thiazole rings is 1. The fourth-order valence-corrected chi connectivity index (χ4v) is 4.29. The maximum atomic E-state index is 12.1. The van der Waals surface area contributed by atoms with Crippen LogP contribution in [0.3, 0.4) is 0 Å². The molecule has 6 nitrogen and oxygen atoms in total. The number of carbonyl (C=O) groups excluding carboxylic acids is 2. The normalized spacial score (nSPS) is 10.6. The van der Waals surface area contributed by atoms with Gasteiger partial charge in [0.15, 0.2) is 4.34 Å². The minimum atomic E-state index is -0.405. The van der Waals surface area contributed by atoms with Gasteiger partial charge in [0, 0.05) is 10.6 Å². The maximum absolute atomic E-state index is 12.1. The molecule has 0 aromatic carbocycles. The summed E-state index contributed by atoms with van der Waals surface area (Å²) >= 11 is 2.71. The Balaban J connectivity index is 2.23. The minimum absolute atomic E-state index is 0.198. The Morgan fingerprint density at radius 1 is 1.12 bits per heavy atom. The van der Waals surface area contributed by atoms with Crippen molar-refractivity contribution < 1.29 is 19.1 Å². The summed E-state index contributed by atoms with van der Waals surface area (Å²) in [5, 5.41) is 0.551. The number of rotatable bonds is 7. The summed E-state index contributed by atoms with van der Waals surface area (Å²) in [4.78, 5) is 33.5. The molecule has 0 amide bonds. The van der Waals surface area contributed by atoms with E-state index in [0.29, 0.717) is 23.8 Å². The number of nitrogens with zero attached hydrogens (tertiary/aromatic N) is 2. The highest BCUT2D eigenvalue weighted by atomic mass is 32.2. The second-order valence-corrected chi connectivity index (χ2v) is 7.42. The van der Waals surface area contributed by atoms with E-state index in [-0.39, 0.29) is 12.4 Å². The van der Waals surface area contributed by atoms with Crippen molar-refractivity contribution >= 4 is 35.0 Å². The Morgan fingerprint density at radius 2 is 1.84 bits per heavy atom. The van der Waals surface area contributed by atoms with Crippen LogP contribution in [0.25, 0.3) is 0 Å². The van der Waals surface area contributed by atoms with Gasteiger partial charge in [-0.15, -0.1) is 11.3 Å². The summed E-state index contributed by atoms with van der Waals surface area (Å²) in [6.07, 6.45) is 0.198. The van der Waals surface area contributed by atoms with E-state index in [1.807, 2.05) is 13.8 Å². The first-order valence-electron chi connectivity index (χ1n) is 7.89. The van der Waals surface area contributed by atoms with Crippen LogP contribution in [-0.2, 0) is 20.7 Å². The lowest BCUT2D eigenvalue weighted by Gasteiger charge is -2.07. The quantitative estimate of drug-likeness (QED) is 0.679. The zero-order valence-corrected chi connectivity index (χ0v) is 16.3. The molecule has 0 radical (unpaired) electrons. The van der Waals surface area contributed by atoms with Gasteiger partial charge in [-0.25, -0.2) is 14.8 Å². The van der Waals surface area contributed by atoms with Crippen molar-refractivity contribution in [2.24, 2.45) is 0 Å². The van der Waals surface area contributed by atoms with Crippen molar-refractivity contribution in [3.05, 3.63) is 34.0 Å². The van der Waals surface area contributed by atoms with Crippen molar-refractivity contribution in [2.45, 2.75) is 43.5 Å². The highest BCUT2D eigenvalue weighted by Crippen LogP contribution is 2.34. The molecule has 25 heavy (non-hydrogen) atoms. The van der Waals surface area contributed by atoms with Crippen LogP contribution >= 0.6 is 23.1 Å². The Morgan fingerprint density at radius 3 is 2.52 bits per heavy atom. The van der Waals surface area contributed by atoms with Gasteiger partial charge in [-0.1, -0.05) is 0 Å². The van der Waals surface area contributed by atoms with Gasteiger partial charge in [-0.05, 0) is 51.6 Å². The lowest BCUT2D eigenvalue weighted by molar-refractivity contribution is -0.142. The van der Waals surface area contributed by atoms with Crippen LogP contribution in [-0.4, -0.2) is 35.1 Å². The van der Waals surface area contributed by atoms with E-state index < -0.39 is 5.97 Å². The number of ether oxygens (including phenoxy) is 2. The Labute approximate surface area is 155 Å². The third kappa shape index (κ3) is 5.27. The predicted molar refractivity (Wildman–Crippen MR) is 96.2 cm³/mol. The first-order chi connectivity index (χ1) is 11.9. The van der Waals surface area contributed by atoms with Crippen LogP contribution in [0.15, 0.2) is 21.5 Å². The average molecular weight is 380 g/mol. The molecule has 2 rings (SSSR count). The van der Waals surface area contributed by atoms with E-state index >= 15 is 0 Å². The zero-order chi connectivity index (χ0) is 18.4. The molecule has 0 aliphatic carbocycles. The van der Waals surface area contributed by atoms with Gasteiger partial charge in [-0.3, -0.25) is 4.79 Å². The average Bonchev–Trinajstić information content (AvgIpc) is 2.87. The largest absolute Gasteiger partial charge is 0.466 e. The third-order valence-corrected chi connectivity index (χ3v) is 5.38. The molecule has 8 heteroatoms. The SMILES string of the molecule is CCOC(=O)Cc1sc(Sc2nc(C)ccc2C(=O)OCC)nc1C. The lowest BCUT2D eigenvalue weighted by Crippen LogP contribution is -2.07. The summed E-state index contributed by atoms with van der Waals surface area (Å²) in [7, 11) is 0. The fourth-order valence-electron chi connectivity index (χ4n) is 2.01. The van der Waals surface area contributed by atoms with Crippen molar-refractivity contribution in [3.8, 4) is 0 Å². The van der Waals surface area contributed by atoms with Crippen LogP contribution in [0, 0.1) is 13.8 Å². The molecular formula is C17H20N2O4S2. The van der Waals surface area contributed by atoms with Crippen molar-refractivity contribution in [2.75, 3.05) is 13.2 Å². The zero-order valence-electron chi connectivity index (χ0n) is 14.6. The molecule has 0 aliphatic rings. The van der Waals surface area contributed by atoms with E-state index in [2.05, 4.69) is 9.97 Å². The maximum Gasteiger partial charge on any atom is 0.340 e. The van der Waals surface area contributed by atoms with Gasteiger partial charge in [0.05, 0.1) is 30.9 Å². The second kappa shape index (κ2) is 8.96. The molecule has 2 heterocycles. The number of aryl methyl sites for hydroxylation is 2. The molecule has 2 aromatic rings. The number of pyridine rings is 1. The minimum Gasteiger partial charge on any atom is -0.466 e. The van der Waals surface area contributed by atoms with Gasteiger partial charge in [0.2, 0.25) is 0 Å². The predicted octanol–water partition coefficient (Wildman–Crippen LogP) is 3.59. The summed E-state index contributed by atoms with van der Waals surface area (Å²) < 4.78 is 10.8. The number of aromatic nitrogens is 2. The fraction of sp³-hybridized carbons (Fsp3) is 0.412. The van der Waals surface area contributed by atoms with Gasteiger partial charge in [0.1, 0.15) is 5.03 Å². The van der Waals surface area contributed by atoms with Gasteiger partial charge < -0.3 is 9.47 Å². The number of hydrogen-bond donors (Lipinski definition) is 0. The molecule has 0 saturated carbocycles. The van der Waals surface area contributed by atoms with E-state index in [0.717, 1.165) is 20.6 Å². The summed E-state index contributed by atoms with van der Waals surface area (Å²) in [5.41, 5.74) is 2.00. The molecule has 0 atom stereocenters. The first kappa shape index (κ1) is 19.4. The van der Waals surface area contributed by atoms with Crippen LogP contribution in [0.5, 0.6) is 0 Å². The number of esters is 2. The van der Waals surface area contributed by atoms with Gasteiger partial charge >= 0.3 is 11.9 Å². The van der Waals surface area contributed by atoms with Crippen molar-refractivity contribution in [1.82, 2.24) is 9.97 Å². The van der Waals surface area contributed by atoms with Crippen LogP contribution in [0.2, 0.25) is 0 Å². The second-order valence-electron chi connectivity index (χ2n) is 5.10. The molecule has 0 saturated heterocycles. The summed E-state index contributed by atoms with van der Waals surface area (Å²) in [6.45, 7) is 7.91. The molecule has 0 unspecified atom stereocenters. The monoisotopic (exact) mass is 380 g/mol. The highest BCUT2D eigenvalue weighted by molar-refractivity contribution is 8.01. The van der Waals surface area contributed by atoms with Crippen LogP contribution in [0.4, 0.5) is 0 Å². The summed E-state index contributed by atoms with van der Waals surface area (Å²) in [6, 6.07) is 3.48. The van der Waals surface area contributed by atoms with E-state index in [1.54, 1.807) is 26.0 Å². The van der Waals surface area contributed by atoms with E-state index in [9.17, 15) is 9.59 Å². The van der Waals surface area contributed by atoms with Gasteiger partial charge in [-0.2, -0.15) is 0 Å². The molecule has 0 bridgehead atoms. The third-order valence-electron chi connectivity index (χ3n) is 3.16. The molecular weight excluding hydrogens is 360 g/mol. The highest BCUT2D eigenvalue weighted by Gasteiger charge is 2.19. The molecule has 0 fully saturated rings. The number of carbonyl (C=O) groups is 2. The lowest BCUT2D eigenvalue weighted by atomic mass is 10.2. The number of hydrogen-bond acceptors (Lipinski definition) is 8. The Kier molecular flexibility index (Phi) is 6.95. The molecule has 0 spiro atoms. The van der Waals surface area contributed by atoms with Crippen molar-refractivity contribution in [1.29, 1.82) is 0 Å². The van der Waals surface area contributed by atoms with Gasteiger partial charge in [0.25, 0.3) is 0 Å². The van der Waals surface area contributed by atoms with Crippen molar-refractivity contribution in [3.63, 3.8) is 0 Å². The van der Waals surface area contributed by atoms with Crippen LogP contribution < -0.4 is 0 Å². The molecule has 0 N–H and O–H groups in total. The summed E-state index contributed by atoms with van der Waals surface area (Å²) in [5.74, 6) is -0.677.